The molecule has 7 heteroatoms. The molecule has 0 unspecified atom stereocenters. The van der Waals surface area contributed by atoms with Crippen molar-refractivity contribution >= 4 is 34.5 Å². The Kier molecular flexibility index (Phi) is 5.65. The van der Waals surface area contributed by atoms with Gasteiger partial charge in [-0.15, -0.1) is 22.7 Å². The van der Waals surface area contributed by atoms with Crippen LogP contribution in [0.1, 0.15) is 28.3 Å². The second kappa shape index (κ2) is 7.92. The summed E-state index contributed by atoms with van der Waals surface area (Å²) < 4.78 is 0. The Hall–Kier alpha value is -1.70. The number of hydrogen-bond acceptors (Lipinski definition) is 5. The van der Waals surface area contributed by atoms with Gasteiger partial charge in [-0.2, -0.15) is 0 Å². The highest BCUT2D eigenvalue weighted by Gasteiger charge is 2.31. The van der Waals surface area contributed by atoms with E-state index < -0.39 is 0 Å². The van der Waals surface area contributed by atoms with Crippen LogP contribution < -0.4 is 10.6 Å². The van der Waals surface area contributed by atoms with Crippen LogP contribution in [0.4, 0.5) is 0 Å². The number of amides is 2. The van der Waals surface area contributed by atoms with Crippen molar-refractivity contribution in [3.8, 4) is 0 Å². The number of hydrogen-bond donors (Lipinski definition) is 2. The Morgan fingerprint density at radius 1 is 1.21 bits per heavy atom. The predicted molar refractivity (Wildman–Crippen MR) is 97.5 cm³/mol. The molecule has 2 amide bonds. The number of nitrogens with one attached hydrogen (secondary N) is 2. The summed E-state index contributed by atoms with van der Waals surface area (Å²) in [4.78, 5) is 28.1. The zero-order chi connectivity index (χ0) is 16.9. The molecule has 2 N–H and O–H groups in total. The van der Waals surface area contributed by atoms with Crippen molar-refractivity contribution in [1.29, 1.82) is 0 Å². The van der Waals surface area contributed by atoms with Crippen molar-refractivity contribution in [2.24, 2.45) is 0 Å². The van der Waals surface area contributed by atoms with Gasteiger partial charge in [-0.25, -0.2) is 0 Å². The summed E-state index contributed by atoms with van der Waals surface area (Å²) in [6.07, 6.45) is 0.994. The second-order valence-corrected chi connectivity index (χ2v) is 7.75. The topological polar surface area (TPSA) is 61.4 Å². The van der Waals surface area contributed by atoms with E-state index in [1.54, 1.807) is 22.7 Å². The number of fused-ring (bicyclic) bond motifs is 1. The molecule has 0 aliphatic carbocycles. The molecule has 128 valence electrons. The van der Waals surface area contributed by atoms with Crippen LogP contribution in [0.5, 0.6) is 0 Å². The Bertz CT molecular complexity index is 697. The first-order chi connectivity index (χ1) is 11.6. The number of thiophene rings is 2. The highest BCUT2D eigenvalue weighted by molar-refractivity contribution is 7.10. The Morgan fingerprint density at radius 2 is 2.04 bits per heavy atom. The molecule has 0 radical (unpaired) electrons. The van der Waals surface area contributed by atoms with Crippen LogP contribution >= 0.6 is 22.7 Å². The highest BCUT2D eigenvalue weighted by Crippen LogP contribution is 2.39. The Morgan fingerprint density at radius 3 is 2.79 bits per heavy atom. The molecule has 2 aromatic rings. The van der Waals surface area contributed by atoms with Gasteiger partial charge in [-0.3, -0.25) is 14.5 Å². The summed E-state index contributed by atoms with van der Waals surface area (Å²) in [5, 5.41) is 9.79. The monoisotopic (exact) mass is 363 g/mol. The van der Waals surface area contributed by atoms with Crippen LogP contribution in [0.25, 0.3) is 0 Å². The molecule has 0 saturated heterocycles. The summed E-state index contributed by atoms with van der Waals surface area (Å²) in [6.45, 7) is 3.65. The average Bonchev–Trinajstić information content (AvgIpc) is 3.22. The fourth-order valence-electron chi connectivity index (χ4n) is 3.00. The summed E-state index contributed by atoms with van der Waals surface area (Å²) in [6, 6.07) is 6.56. The molecular formula is C17H21N3O2S2. The first kappa shape index (κ1) is 17.1. The van der Waals surface area contributed by atoms with Crippen LogP contribution in [0.3, 0.4) is 0 Å². The lowest BCUT2D eigenvalue weighted by molar-refractivity contribution is -0.123. The zero-order valence-corrected chi connectivity index (χ0v) is 15.2. The van der Waals surface area contributed by atoms with Gasteiger partial charge in [0.25, 0.3) is 0 Å². The molecule has 24 heavy (non-hydrogen) atoms. The average molecular weight is 364 g/mol. The van der Waals surface area contributed by atoms with Gasteiger partial charge < -0.3 is 10.6 Å². The Labute approximate surface area is 149 Å². The van der Waals surface area contributed by atoms with E-state index >= 15 is 0 Å². The van der Waals surface area contributed by atoms with Gasteiger partial charge in [0.15, 0.2) is 0 Å². The van der Waals surface area contributed by atoms with E-state index in [9.17, 15) is 9.59 Å². The maximum Gasteiger partial charge on any atom is 0.234 e. The lowest BCUT2D eigenvalue weighted by Gasteiger charge is -2.34. The quantitative estimate of drug-likeness (QED) is 0.772. The summed E-state index contributed by atoms with van der Waals surface area (Å²) in [5.74, 6) is -0.0800. The molecule has 5 nitrogen and oxygen atoms in total. The SMILES string of the molecule is CC(=O)NCCNC(=O)CN1CCc2sccc2[C@H]1c1cccs1. The van der Waals surface area contributed by atoms with E-state index in [0.717, 1.165) is 13.0 Å². The van der Waals surface area contributed by atoms with Crippen LogP contribution in [0.15, 0.2) is 29.0 Å². The van der Waals surface area contributed by atoms with Gasteiger partial charge in [0.1, 0.15) is 0 Å². The molecule has 3 rings (SSSR count). The lowest BCUT2D eigenvalue weighted by atomic mass is 9.98. The third-order valence-electron chi connectivity index (χ3n) is 4.05. The normalized spacial score (nSPS) is 17.3. The number of carbonyl (C=O) groups excluding carboxylic acids is 2. The van der Waals surface area contributed by atoms with Crippen molar-refractivity contribution in [2.75, 3.05) is 26.2 Å². The second-order valence-electron chi connectivity index (χ2n) is 5.77. The standard InChI is InChI=1S/C17H21N3O2S2/c1-12(21)18-6-7-19-16(22)11-20-8-4-14-13(5-10-24-14)17(20)15-3-2-9-23-15/h2-3,5,9-10,17H,4,6-8,11H2,1H3,(H,18,21)(H,19,22)/t17-/m0/s1. The first-order valence-electron chi connectivity index (χ1n) is 8.00. The molecule has 1 aliphatic heterocycles. The molecule has 0 aromatic carbocycles. The largest absolute Gasteiger partial charge is 0.355 e. The summed E-state index contributed by atoms with van der Waals surface area (Å²) in [7, 11) is 0. The van der Waals surface area contributed by atoms with Crippen molar-refractivity contribution in [3.63, 3.8) is 0 Å². The van der Waals surface area contributed by atoms with Crippen LogP contribution in [0.2, 0.25) is 0 Å². The molecule has 1 aliphatic rings. The molecule has 0 bridgehead atoms. The van der Waals surface area contributed by atoms with Crippen molar-refractivity contribution in [2.45, 2.75) is 19.4 Å². The number of nitrogens with zero attached hydrogens (tertiary/aromatic N) is 1. The first-order valence-corrected chi connectivity index (χ1v) is 9.76. The molecular weight excluding hydrogens is 342 g/mol. The van der Waals surface area contributed by atoms with Crippen LogP contribution in [-0.2, 0) is 16.0 Å². The summed E-state index contributed by atoms with van der Waals surface area (Å²) >= 11 is 3.54. The fraction of sp³-hybridized carbons (Fsp3) is 0.412. The fourth-order valence-corrected chi connectivity index (χ4v) is 4.78. The minimum atomic E-state index is -0.0805. The predicted octanol–water partition coefficient (Wildman–Crippen LogP) is 2.01. The van der Waals surface area contributed by atoms with Crippen LogP contribution in [-0.4, -0.2) is 42.9 Å². The van der Waals surface area contributed by atoms with E-state index in [1.165, 1.54) is 22.2 Å². The number of rotatable bonds is 6. The molecule has 1 atom stereocenters. The van der Waals surface area contributed by atoms with E-state index in [0.29, 0.717) is 19.6 Å². The van der Waals surface area contributed by atoms with Gasteiger partial charge in [-0.1, -0.05) is 6.07 Å². The van der Waals surface area contributed by atoms with E-state index in [4.69, 9.17) is 0 Å². The van der Waals surface area contributed by atoms with Gasteiger partial charge in [-0.05, 0) is 34.9 Å². The third-order valence-corrected chi connectivity index (χ3v) is 5.97. The van der Waals surface area contributed by atoms with Crippen LogP contribution in [0, 0.1) is 0 Å². The van der Waals surface area contributed by atoms with Gasteiger partial charge >= 0.3 is 0 Å². The smallest absolute Gasteiger partial charge is 0.234 e. The van der Waals surface area contributed by atoms with Crippen molar-refractivity contribution in [3.05, 3.63) is 44.3 Å². The Balaban J connectivity index is 1.64. The summed E-state index contributed by atoms with van der Waals surface area (Å²) in [5.41, 5.74) is 1.33. The zero-order valence-electron chi connectivity index (χ0n) is 13.6. The van der Waals surface area contributed by atoms with Gasteiger partial charge in [0.05, 0.1) is 12.6 Å². The molecule has 3 heterocycles. The molecule has 0 fully saturated rings. The maximum atomic E-state index is 12.3. The maximum absolute atomic E-state index is 12.3. The van der Waals surface area contributed by atoms with Crippen molar-refractivity contribution in [1.82, 2.24) is 15.5 Å². The minimum absolute atomic E-state index is 0.000544. The highest BCUT2D eigenvalue weighted by atomic mass is 32.1. The third kappa shape index (κ3) is 4.03. The van der Waals surface area contributed by atoms with Gasteiger partial charge in [0.2, 0.25) is 11.8 Å². The number of carbonyl (C=O) groups is 2. The van der Waals surface area contributed by atoms with Crippen molar-refractivity contribution < 1.29 is 9.59 Å². The lowest BCUT2D eigenvalue weighted by Crippen LogP contribution is -2.44. The van der Waals surface area contributed by atoms with E-state index in [1.807, 2.05) is 0 Å². The van der Waals surface area contributed by atoms with E-state index in [2.05, 4.69) is 44.5 Å². The molecule has 0 spiro atoms. The van der Waals surface area contributed by atoms with E-state index in [-0.39, 0.29) is 17.9 Å². The van der Waals surface area contributed by atoms with Gasteiger partial charge in [0, 0.05) is 36.3 Å². The minimum Gasteiger partial charge on any atom is -0.355 e. The molecule has 0 saturated carbocycles. The molecule has 2 aromatic heterocycles.